The Morgan fingerprint density at radius 3 is 0.837 bits per heavy atom. The van der Waals surface area contributed by atoms with E-state index in [0.717, 1.165) is 19.6 Å². The Labute approximate surface area is 575 Å². The van der Waals surface area contributed by atoms with Crippen molar-refractivity contribution in [3.05, 3.63) is 82.9 Å². The molecule has 86 heavy (non-hydrogen) atoms. The molecule has 14 N–H and O–H groups in total. The second-order valence-electron chi connectivity index (χ2n) is 18.7. The number of hydrogen-bond donors (Lipinski definition) is 14. The van der Waals surface area contributed by atoms with E-state index < -0.39 is 159 Å². The molecule has 4 rings (SSSR count). The molecule has 35 heteroatoms. The smallest absolute Gasteiger partial charge is 0.507 e. The summed E-state index contributed by atoms with van der Waals surface area (Å²) in [6.45, 7) is -8.30. The summed E-state index contributed by atoms with van der Waals surface area (Å²) in [5, 5.41) is 99.9. The van der Waals surface area contributed by atoms with Crippen LogP contribution in [-0.2, 0) is 54.4 Å². The van der Waals surface area contributed by atoms with Gasteiger partial charge in [0.25, 0.3) is 23.6 Å². The van der Waals surface area contributed by atoms with Gasteiger partial charge < -0.3 is 51.1 Å². The zero-order valence-electron chi connectivity index (χ0n) is 46.0. The van der Waals surface area contributed by atoms with Gasteiger partial charge in [0.1, 0.15) is 11.5 Å². The van der Waals surface area contributed by atoms with E-state index in [1.807, 2.05) is 0 Å². The Balaban J connectivity index is 0.0000123. The average molecular weight is 1500 g/mol. The number of carboxylic acids is 8. The predicted octanol–water partition coefficient (Wildman–Crippen LogP) is -5.99. The summed E-state index contributed by atoms with van der Waals surface area (Å²) in [6.07, 6.45) is -0.361. The van der Waals surface area contributed by atoms with Crippen LogP contribution >= 0.6 is 0 Å². The first-order valence-corrected chi connectivity index (χ1v) is 24.9. The first kappa shape index (κ1) is 78.1. The van der Waals surface area contributed by atoms with E-state index in [1.54, 1.807) is 48.5 Å². The van der Waals surface area contributed by atoms with Crippen molar-refractivity contribution < 1.29 is 218 Å². The van der Waals surface area contributed by atoms with E-state index in [1.165, 1.54) is 21.9 Å². The molecule has 0 aliphatic rings. The van der Waals surface area contributed by atoms with Crippen molar-refractivity contribution in [1.82, 2.24) is 51.1 Å². The maximum absolute atomic E-state index is 13.8. The van der Waals surface area contributed by atoms with Crippen LogP contribution in [0.2, 0.25) is 0 Å². The summed E-state index contributed by atoms with van der Waals surface area (Å²) in [5.74, 6) is -16.0. The van der Waals surface area contributed by atoms with Crippen molar-refractivity contribution in [2.75, 3.05) is 118 Å². The third-order valence-corrected chi connectivity index (χ3v) is 12.3. The van der Waals surface area contributed by atoms with Gasteiger partial charge in [-0.15, -0.1) is 0 Å². The van der Waals surface area contributed by atoms with E-state index in [4.69, 9.17) is 20.4 Å². The van der Waals surface area contributed by atoms with Gasteiger partial charge in [0.15, 0.2) is 0 Å². The second-order valence-corrected chi connectivity index (χ2v) is 18.7. The summed E-state index contributed by atoms with van der Waals surface area (Å²) in [7, 11) is 0. The zero-order chi connectivity index (χ0) is 61.5. The maximum Gasteiger partial charge on any atom is 3.00 e. The zero-order valence-corrected chi connectivity index (χ0v) is 52.5. The van der Waals surface area contributed by atoms with Crippen LogP contribution in [0.4, 0.5) is 0 Å². The number of nitrogens with one attached hydrogen (secondary N) is 4. The number of fused-ring (bicyclic) bond motifs is 2. The fraction of sp³-hybridized carbons (Fsp3) is 0.373. The molecule has 0 aliphatic heterocycles. The minimum atomic E-state index is -1.39. The van der Waals surface area contributed by atoms with Crippen LogP contribution in [0.15, 0.2) is 60.7 Å². The quantitative estimate of drug-likeness (QED) is 0.0149. The molecule has 0 unspecified atom stereocenters. The number of aliphatic carboxylic acids is 8. The summed E-state index contributed by atoms with van der Waals surface area (Å²) >= 11 is 0. The number of benzene rings is 4. The number of hydrazine groups is 2. The number of carbonyl (C=O) groups excluding carboxylic acids is 4. The SMILES string of the molecule is O=C(O)CN(CCN(CC(=O)O)CC(=O)O)CCN(CC(=O)O)CC(=O)NNC(=O)c1cc2ccccc2c(Cc2c(O)c(C(=O)NNC(=O)CN(CCN(CCN(CC(=O)O)CC(=O)O)CC(=O)O)CC(=O)O)cc3ccccc23)c1O.[Gd+3].[Gd+3].[Na+]. The average Bonchev–Trinajstić information content (AvgIpc) is 0.885. The topological polar surface area (TPSA) is 475 Å². The van der Waals surface area contributed by atoms with Crippen LogP contribution in [0, 0.1) is 79.9 Å². The number of carbonyl (C=O) groups is 12. The molecule has 0 aromatic heterocycles. The van der Waals surface area contributed by atoms with E-state index in [-0.39, 0.29) is 179 Å². The van der Waals surface area contributed by atoms with Crippen molar-refractivity contribution in [3.63, 3.8) is 0 Å². The van der Waals surface area contributed by atoms with Crippen LogP contribution in [0.25, 0.3) is 21.5 Å². The molecule has 0 fully saturated rings. The summed E-state index contributed by atoms with van der Waals surface area (Å²) in [4.78, 5) is 153. The molecule has 4 amide bonds. The second kappa shape index (κ2) is 39.0. The van der Waals surface area contributed by atoms with Gasteiger partial charge in [-0.25, -0.2) is 0 Å². The number of hydrogen-bond acceptors (Lipinski definition) is 20. The number of rotatable bonds is 36. The van der Waals surface area contributed by atoms with Gasteiger partial charge in [-0.3, -0.25) is 109 Å². The number of phenolic OH excluding ortho intramolecular Hbond substituents is 2. The maximum atomic E-state index is 13.8. The van der Waals surface area contributed by atoms with E-state index in [9.17, 15) is 88.2 Å². The Morgan fingerprint density at radius 2 is 0.570 bits per heavy atom. The number of amides is 4. The molecule has 458 valence electrons. The minimum absolute atomic E-state index is 0. The molecule has 32 nitrogen and oxygen atoms in total. The first-order valence-electron chi connectivity index (χ1n) is 24.9. The van der Waals surface area contributed by atoms with E-state index in [0.29, 0.717) is 21.5 Å². The van der Waals surface area contributed by atoms with Crippen molar-refractivity contribution in [1.29, 1.82) is 0 Å². The van der Waals surface area contributed by atoms with Crippen molar-refractivity contribution in [2.24, 2.45) is 0 Å². The van der Waals surface area contributed by atoms with Crippen LogP contribution in [0.5, 0.6) is 11.5 Å². The molecule has 0 saturated carbocycles. The third-order valence-electron chi connectivity index (χ3n) is 12.3. The summed E-state index contributed by atoms with van der Waals surface area (Å²) < 4.78 is 0. The molecule has 0 saturated heterocycles. The minimum Gasteiger partial charge on any atom is -0.507 e. The van der Waals surface area contributed by atoms with Gasteiger partial charge >= 0.3 is 157 Å². The standard InChI is InChI=1S/C51H62N10O22.2Gd.Na/c62-38(20-58(24-42(68)69)13-9-56(22-40(64)65)11-15-60(26-44(72)73)27-45(74)75)52-54-50(82)36-17-30-5-1-3-7-32(30)34(48(36)80)19-35-33-8-4-2-6-31(33)18-37(49(35)81)51(83)55-53-39(63)21-59(25-43(70)71)14-10-57(23-41(66)67)12-16-61(28-46(76)77)29-47(78)79;;;/h1-8,17-18,80-81H,9-16,19-29H2,(H,52,62)(H,53,63)(H,54,82)(H,55,83)(H,64,65)(H,66,67)(H,68,69)(H,70,71)(H,72,73)(H,74,75)(H,76,77)(H,78,79);;;/q;2*+3;+1. The molecule has 0 atom stereocenters. The molecular weight excluding hydrogens is 1440 g/mol. The van der Waals surface area contributed by atoms with Gasteiger partial charge in [0.2, 0.25) is 0 Å². The number of nitrogens with zero attached hydrogens (tertiary/aromatic N) is 6. The van der Waals surface area contributed by atoms with E-state index >= 15 is 0 Å². The molecule has 0 aliphatic carbocycles. The Hall–Kier alpha value is -5.95. The van der Waals surface area contributed by atoms with Crippen LogP contribution < -0.4 is 51.3 Å². The van der Waals surface area contributed by atoms with Gasteiger partial charge in [-0.2, -0.15) is 0 Å². The van der Waals surface area contributed by atoms with Gasteiger partial charge in [-0.05, 0) is 33.7 Å². The number of phenols is 2. The molecule has 0 heterocycles. The van der Waals surface area contributed by atoms with Gasteiger partial charge in [-0.1, -0.05) is 48.5 Å². The number of aromatic hydroxyl groups is 2. The molecule has 0 bridgehead atoms. The van der Waals surface area contributed by atoms with Crippen LogP contribution in [-0.4, -0.2) is 270 Å². The third kappa shape index (κ3) is 27.4. The van der Waals surface area contributed by atoms with Crippen LogP contribution in [0.3, 0.4) is 0 Å². The van der Waals surface area contributed by atoms with Gasteiger partial charge in [0, 0.05) is 69.9 Å². The molecule has 4 aromatic rings. The monoisotopic (exact) mass is 1510 g/mol. The Bertz CT molecular complexity index is 2870. The first-order chi connectivity index (χ1) is 39.2. The fourth-order valence-corrected chi connectivity index (χ4v) is 8.63. The summed E-state index contributed by atoms with van der Waals surface area (Å²) in [5.41, 5.74) is 7.94. The summed E-state index contributed by atoms with van der Waals surface area (Å²) in [6, 6.07) is 15.5. The van der Waals surface area contributed by atoms with Gasteiger partial charge in [0.05, 0.1) is 76.6 Å². The normalized spacial score (nSPS) is 11.0. The van der Waals surface area contributed by atoms with Crippen molar-refractivity contribution >= 4 is 92.9 Å². The van der Waals surface area contributed by atoms with Crippen molar-refractivity contribution in [3.8, 4) is 11.5 Å². The Morgan fingerprint density at radius 1 is 0.337 bits per heavy atom. The Kier molecular flexibility index (Phi) is 35.4. The fourth-order valence-electron chi connectivity index (χ4n) is 8.63. The van der Waals surface area contributed by atoms with E-state index in [2.05, 4.69) is 21.7 Å². The molecule has 0 spiro atoms. The number of carboxylic acid groups (broad SMARTS) is 8. The van der Waals surface area contributed by atoms with Crippen molar-refractivity contribution in [2.45, 2.75) is 6.42 Å². The van der Waals surface area contributed by atoms with Crippen LogP contribution in [0.1, 0.15) is 31.8 Å². The predicted molar refractivity (Wildman–Crippen MR) is 285 cm³/mol. The molecular formula is C51H62Gd2N10NaO22+7. The molecule has 4 aromatic carbocycles. The molecule has 2 radical (unpaired) electrons. The largest absolute Gasteiger partial charge is 3.00 e.